The molecular formula is C17H25NO2S. The van der Waals surface area contributed by atoms with Crippen LogP contribution >= 0.6 is 0 Å². The minimum Gasteiger partial charge on any atom is -0.212 e. The molecule has 0 unspecified atom stereocenters. The minimum atomic E-state index is -3.28. The number of benzene rings is 1. The van der Waals surface area contributed by atoms with E-state index in [2.05, 4.69) is 25.5 Å². The molecule has 0 aliphatic heterocycles. The third-order valence-corrected chi connectivity index (χ3v) is 7.67. The summed E-state index contributed by atoms with van der Waals surface area (Å²) in [4.78, 5) is 0. The van der Waals surface area contributed by atoms with E-state index < -0.39 is 10.0 Å². The second kappa shape index (κ2) is 4.82. The third-order valence-electron chi connectivity index (χ3n) is 6.32. The van der Waals surface area contributed by atoms with Gasteiger partial charge in [-0.1, -0.05) is 51.1 Å². The molecule has 0 radical (unpaired) electrons. The molecule has 0 amide bonds. The minimum absolute atomic E-state index is 0.0749. The summed E-state index contributed by atoms with van der Waals surface area (Å²) in [6, 6.07) is 9.49. The van der Waals surface area contributed by atoms with Gasteiger partial charge in [0.05, 0.1) is 5.75 Å². The van der Waals surface area contributed by atoms with Crippen LogP contribution in [-0.2, 0) is 15.8 Å². The molecule has 0 aromatic heterocycles. The van der Waals surface area contributed by atoms with Crippen molar-refractivity contribution in [2.24, 2.45) is 16.7 Å². The standard InChI is InChI=1S/C17H25NO2S/c1-16(2)14-9-10-17(16,3)15(11-14)18-21(19,20)12-13-7-5-4-6-8-13/h4-8,14-15,18H,9-12H2,1-3H3/t14-,15-,17-/m0/s1. The van der Waals surface area contributed by atoms with Gasteiger partial charge in [0, 0.05) is 6.04 Å². The molecule has 0 saturated heterocycles. The van der Waals surface area contributed by atoms with Crippen molar-refractivity contribution in [3.63, 3.8) is 0 Å². The average Bonchev–Trinajstić information content (AvgIpc) is 2.72. The molecule has 2 aliphatic rings. The Morgan fingerprint density at radius 3 is 2.38 bits per heavy atom. The molecule has 1 aromatic carbocycles. The lowest BCUT2D eigenvalue weighted by molar-refractivity contribution is 0.130. The van der Waals surface area contributed by atoms with Gasteiger partial charge in [-0.05, 0) is 41.6 Å². The second-order valence-corrected chi connectivity index (χ2v) is 9.28. The Hall–Kier alpha value is -0.870. The lowest BCUT2D eigenvalue weighted by Gasteiger charge is -2.39. The quantitative estimate of drug-likeness (QED) is 0.927. The van der Waals surface area contributed by atoms with Gasteiger partial charge in [-0.15, -0.1) is 0 Å². The summed E-state index contributed by atoms with van der Waals surface area (Å²) in [5, 5.41) is 0. The topological polar surface area (TPSA) is 46.2 Å². The Kier molecular flexibility index (Phi) is 3.45. The molecule has 2 aliphatic carbocycles. The maximum absolute atomic E-state index is 12.5. The van der Waals surface area contributed by atoms with Crippen LogP contribution in [0.3, 0.4) is 0 Å². The number of sulfonamides is 1. The van der Waals surface area contributed by atoms with E-state index in [9.17, 15) is 8.42 Å². The normalized spacial score (nSPS) is 34.2. The number of rotatable bonds is 4. The van der Waals surface area contributed by atoms with E-state index in [1.807, 2.05) is 30.3 Å². The summed E-state index contributed by atoms with van der Waals surface area (Å²) in [5.41, 5.74) is 1.16. The first-order chi connectivity index (χ1) is 9.75. The van der Waals surface area contributed by atoms with Crippen LogP contribution in [0.25, 0.3) is 0 Å². The lowest BCUT2D eigenvalue weighted by Crippen LogP contribution is -2.47. The predicted octanol–water partition coefficient (Wildman–Crippen LogP) is 3.32. The number of hydrogen-bond donors (Lipinski definition) is 1. The Morgan fingerprint density at radius 2 is 1.86 bits per heavy atom. The van der Waals surface area contributed by atoms with Gasteiger partial charge in [0.25, 0.3) is 0 Å². The van der Waals surface area contributed by atoms with Crippen LogP contribution in [-0.4, -0.2) is 14.5 Å². The molecule has 3 atom stereocenters. The SMILES string of the molecule is CC1(C)[C@H]2CC[C@@]1(C)[C@@H](NS(=O)(=O)Cc1ccccc1)C2. The third kappa shape index (κ3) is 2.42. The zero-order valence-corrected chi connectivity index (χ0v) is 13.9. The molecule has 2 fully saturated rings. The summed E-state index contributed by atoms with van der Waals surface area (Å²) in [7, 11) is -3.28. The molecule has 21 heavy (non-hydrogen) atoms. The highest BCUT2D eigenvalue weighted by molar-refractivity contribution is 7.88. The van der Waals surface area contributed by atoms with Crippen LogP contribution in [0.15, 0.2) is 30.3 Å². The van der Waals surface area contributed by atoms with Gasteiger partial charge in [-0.25, -0.2) is 13.1 Å². The molecule has 1 N–H and O–H groups in total. The van der Waals surface area contributed by atoms with Gasteiger partial charge in [0.1, 0.15) is 0 Å². The Morgan fingerprint density at radius 1 is 1.19 bits per heavy atom. The predicted molar refractivity (Wildman–Crippen MR) is 85.2 cm³/mol. The number of nitrogens with one attached hydrogen (secondary N) is 1. The van der Waals surface area contributed by atoms with Crippen molar-refractivity contribution in [2.75, 3.05) is 0 Å². The van der Waals surface area contributed by atoms with E-state index in [1.54, 1.807) is 0 Å². The highest BCUT2D eigenvalue weighted by Gasteiger charge is 2.61. The fourth-order valence-electron chi connectivity index (χ4n) is 4.43. The molecule has 2 saturated carbocycles. The summed E-state index contributed by atoms with van der Waals surface area (Å²) < 4.78 is 28.0. The molecule has 3 nitrogen and oxygen atoms in total. The van der Waals surface area contributed by atoms with E-state index in [4.69, 9.17) is 0 Å². The second-order valence-electron chi connectivity index (χ2n) is 7.53. The van der Waals surface area contributed by atoms with E-state index in [0.29, 0.717) is 5.92 Å². The monoisotopic (exact) mass is 307 g/mol. The number of hydrogen-bond acceptors (Lipinski definition) is 2. The van der Waals surface area contributed by atoms with Gasteiger partial charge in [0.2, 0.25) is 10.0 Å². The van der Waals surface area contributed by atoms with Crippen LogP contribution in [0.1, 0.15) is 45.6 Å². The van der Waals surface area contributed by atoms with Gasteiger partial charge < -0.3 is 0 Å². The van der Waals surface area contributed by atoms with E-state index in [0.717, 1.165) is 18.4 Å². The Labute approximate surface area is 128 Å². The highest BCUT2D eigenvalue weighted by Crippen LogP contribution is 2.65. The smallest absolute Gasteiger partial charge is 0.212 e. The molecule has 3 rings (SSSR count). The molecule has 2 bridgehead atoms. The van der Waals surface area contributed by atoms with E-state index in [-0.39, 0.29) is 22.6 Å². The van der Waals surface area contributed by atoms with Crippen molar-refractivity contribution in [1.29, 1.82) is 0 Å². The van der Waals surface area contributed by atoms with Crippen LogP contribution in [0.2, 0.25) is 0 Å². The highest BCUT2D eigenvalue weighted by atomic mass is 32.2. The maximum atomic E-state index is 12.5. The van der Waals surface area contributed by atoms with Crippen LogP contribution in [0.4, 0.5) is 0 Å². The molecule has 116 valence electrons. The molecular weight excluding hydrogens is 282 g/mol. The van der Waals surface area contributed by atoms with Crippen LogP contribution in [0.5, 0.6) is 0 Å². The van der Waals surface area contributed by atoms with Crippen LogP contribution < -0.4 is 4.72 Å². The van der Waals surface area contributed by atoms with Crippen molar-refractivity contribution in [1.82, 2.24) is 4.72 Å². The molecule has 4 heteroatoms. The zero-order chi connectivity index (χ0) is 15.3. The van der Waals surface area contributed by atoms with E-state index in [1.165, 1.54) is 6.42 Å². The maximum Gasteiger partial charge on any atom is 0.216 e. The number of fused-ring (bicyclic) bond motifs is 2. The van der Waals surface area contributed by atoms with Gasteiger partial charge in [0.15, 0.2) is 0 Å². The summed E-state index contributed by atoms with van der Waals surface area (Å²) in [6.45, 7) is 6.86. The van der Waals surface area contributed by atoms with Crippen LogP contribution in [0, 0.1) is 16.7 Å². The molecule has 0 spiro atoms. The van der Waals surface area contributed by atoms with E-state index >= 15 is 0 Å². The van der Waals surface area contributed by atoms with Gasteiger partial charge in [-0.3, -0.25) is 0 Å². The zero-order valence-electron chi connectivity index (χ0n) is 13.1. The van der Waals surface area contributed by atoms with Crippen molar-refractivity contribution >= 4 is 10.0 Å². The van der Waals surface area contributed by atoms with Crippen molar-refractivity contribution < 1.29 is 8.42 Å². The van der Waals surface area contributed by atoms with Gasteiger partial charge in [-0.2, -0.15) is 0 Å². The first kappa shape index (κ1) is 15.0. The van der Waals surface area contributed by atoms with Crippen molar-refractivity contribution in [3.8, 4) is 0 Å². The molecule has 1 aromatic rings. The fraction of sp³-hybridized carbons (Fsp3) is 0.647. The Bertz CT molecular complexity index is 623. The summed E-state index contributed by atoms with van der Waals surface area (Å²) in [5.74, 6) is 0.720. The summed E-state index contributed by atoms with van der Waals surface area (Å²) in [6.07, 6.45) is 3.35. The first-order valence-corrected chi connectivity index (χ1v) is 9.44. The van der Waals surface area contributed by atoms with Gasteiger partial charge >= 0.3 is 0 Å². The Balaban J connectivity index is 1.76. The molecule has 0 heterocycles. The fourth-order valence-corrected chi connectivity index (χ4v) is 5.94. The van der Waals surface area contributed by atoms with Crippen molar-refractivity contribution in [3.05, 3.63) is 35.9 Å². The largest absolute Gasteiger partial charge is 0.216 e. The van der Waals surface area contributed by atoms with Crippen molar-refractivity contribution in [2.45, 2.75) is 51.8 Å². The average molecular weight is 307 g/mol. The summed E-state index contributed by atoms with van der Waals surface area (Å²) >= 11 is 0. The lowest BCUT2D eigenvalue weighted by atomic mass is 9.69. The first-order valence-electron chi connectivity index (χ1n) is 7.78.